The summed E-state index contributed by atoms with van der Waals surface area (Å²) in [5.74, 6) is 1.03. The van der Waals surface area contributed by atoms with Crippen molar-refractivity contribution in [3.8, 4) is 10.6 Å². The lowest BCUT2D eigenvalue weighted by Crippen LogP contribution is -2.43. The minimum Gasteiger partial charge on any atom is -0.394 e. The lowest BCUT2D eigenvalue weighted by Gasteiger charge is -2.32. The number of likely N-dealkylation sites (N-methyl/N-ethyl adjacent to an activating group) is 1. The third-order valence-corrected chi connectivity index (χ3v) is 7.21. The molecule has 3 N–H and O–H groups in total. The fourth-order valence-electron chi connectivity index (χ4n) is 4.31. The highest BCUT2D eigenvalue weighted by Gasteiger charge is 2.26. The van der Waals surface area contributed by atoms with Crippen molar-refractivity contribution >= 4 is 35.3 Å². The quantitative estimate of drug-likeness (QED) is 0.472. The van der Waals surface area contributed by atoms with Crippen LogP contribution in [0, 0.1) is 0 Å². The molecule has 0 radical (unpaired) electrons. The fourth-order valence-corrected chi connectivity index (χ4v) is 5.33. The van der Waals surface area contributed by atoms with Crippen molar-refractivity contribution in [3.63, 3.8) is 0 Å². The maximum absolute atomic E-state index is 13.5. The molecule has 8 nitrogen and oxygen atoms in total. The molecule has 5 rings (SSSR count). The average molecular weight is 507 g/mol. The highest BCUT2D eigenvalue weighted by molar-refractivity contribution is 7.13. The van der Waals surface area contributed by atoms with Crippen molar-refractivity contribution in [1.82, 2.24) is 20.3 Å². The molecule has 1 unspecified atom stereocenters. The van der Waals surface area contributed by atoms with E-state index in [9.17, 15) is 9.90 Å². The zero-order valence-electron chi connectivity index (χ0n) is 21.1. The van der Waals surface area contributed by atoms with E-state index in [-0.39, 0.29) is 18.2 Å². The van der Waals surface area contributed by atoms with Gasteiger partial charge in [-0.2, -0.15) is 4.98 Å². The number of rotatable bonds is 6. The molecular weight excluding hydrogens is 472 g/mol. The Kier molecular flexibility index (Phi) is 8.69. The zero-order valence-corrected chi connectivity index (χ0v) is 21.9. The number of thiazole rings is 1. The van der Waals surface area contributed by atoms with Crippen LogP contribution in [-0.2, 0) is 0 Å². The largest absolute Gasteiger partial charge is 0.394 e. The number of aliphatic hydroxyl groups excluding tert-OH is 1. The summed E-state index contributed by atoms with van der Waals surface area (Å²) >= 11 is 1.51. The summed E-state index contributed by atoms with van der Waals surface area (Å²) in [6.45, 7) is 6.24. The zero-order chi connectivity index (χ0) is 25.5. The van der Waals surface area contributed by atoms with Crippen LogP contribution in [0.25, 0.3) is 22.7 Å². The van der Waals surface area contributed by atoms with Crippen molar-refractivity contribution in [2.75, 3.05) is 43.2 Å². The lowest BCUT2D eigenvalue weighted by atomic mass is 10.1. The van der Waals surface area contributed by atoms with Gasteiger partial charge in [-0.15, -0.1) is 11.3 Å². The molecular formula is C27H34N6O2S. The molecule has 0 amide bonds. The fraction of sp³-hybridized carbons (Fsp3) is 0.370. The molecule has 1 aliphatic heterocycles. The van der Waals surface area contributed by atoms with Gasteiger partial charge in [-0.25, -0.2) is 4.98 Å². The molecule has 1 atom stereocenters. The third kappa shape index (κ3) is 5.43. The normalized spacial score (nSPS) is 15.5. The number of anilines is 2. The Labute approximate surface area is 215 Å². The van der Waals surface area contributed by atoms with E-state index in [1.54, 1.807) is 0 Å². The van der Waals surface area contributed by atoms with Gasteiger partial charge in [-0.1, -0.05) is 62.4 Å². The summed E-state index contributed by atoms with van der Waals surface area (Å²) in [4.78, 5) is 30.2. The molecule has 1 aromatic carbocycles. The number of H-pyrrole nitrogens is 1. The number of benzene rings is 1. The van der Waals surface area contributed by atoms with Crippen LogP contribution in [0.5, 0.6) is 0 Å². The van der Waals surface area contributed by atoms with Crippen LogP contribution in [0.4, 0.5) is 11.8 Å². The molecule has 3 aromatic rings. The number of aromatic amines is 1. The lowest BCUT2D eigenvalue weighted by molar-refractivity contribution is 0.263. The molecule has 190 valence electrons. The van der Waals surface area contributed by atoms with Gasteiger partial charge in [0.2, 0.25) is 5.95 Å². The number of hydrogen-bond donors (Lipinski definition) is 3. The van der Waals surface area contributed by atoms with Gasteiger partial charge in [0.25, 0.3) is 5.56 Å². The summed E-state index contributed by atoms with van der Waals surface area (Å²) in [5.41, 5.74) is 1.20. The first-order chi connectivity index (χ1) is 17.7. The molecule has 36 heavy (non-hydrogen) atoms. The molecule has 1 aliphatic carbocycles. The number of fused-ring (bicyclic) bond motifs is 1. The Bertz CT molecular complexity index is 1360. The predicted molar refractivity (Wildman–Crippen MR) is 149 cm³/mol. The number of allylic oxidation sites excluding steroid dienone is 2. The van der Waals surface area contributed by atoms with Crippen LogP contribution in [0.2, 0.25) is 0 Å². The SMILES string of the molecule is CC.CN(c1nc(N2CCCNC2)c(-c2nc3c(s2)=CC=CCC=3)c(=O)[nH]1)C(CO)c1ccccc1. The number of aromatic nitrogens is 3. The molecule has 0 spiro atoms. The second kappa shape index (κ2) is 12.1. The van der Waals surface area contributed by atoms with Gasteiger partial charge in [-0.3, -0.25) is 15.1 Å². The number of nitrogens with zero attached hydrogens (tertiary/aromatic N) is 4. The van der Waals surface area contributed by atoms with Crippen LogP contribution >= 0.6 is 11.3 Å². The standard InChI is InChI=1S/C25H28N6O2S.C2H6/c1-30(19(15-32)17-9-4-2-5-10-17)25-28-22(31-14-8-13-26-16-31)21(23(33)29-25)24-27-18-11-6-3-7-12-20(18)34-24;1-2/h2-5,7,9-12,19,26,32H,6,8,13-16H2,1H3,(H,28,29,33);1-2H3. The number of aliphatic hydroxyl groups is 1. The first-order valence-corrected chi connectivity index (χ1v) is 13.3. The van der Waals surface area contributed by atoms with Crippen LogP contribution in [0.3, 0.4) is 0 Å². The number of nitrogens with one attached hydrogen (secondary N) is 2. The Hall–Kier alpha value is -3.27. The molecule has 0 bridgehead atoms. The van der Waals surface area contributed by atoms with Gasteiger partial charge in [0.15, 0.2) is 0 Å². The van der Waals surface area contributed by atoms with Crippen molar-refractivity contribution in [2.45, 2.75) is 32.7 Å². The first kappa shape index (κ1) is 25.8. The molecule has 0 saturated carbocycles. The van der Waals surface area contributed by atoms with Crippen LogP contribution in [-0.4, -0.2) is 53.5 Å². The van der Waals surface area contributed by atoms with Gasteiger partial charge in [0.1, 0.15) is 16.4 Å². The molecule has 2 aliphatic rings. The maximum Gasteiger partial charge on any atom is 0.264 e. The Morgan fingerprint density at radius 1 is 1.22 bits per heavy atom. The Morgan fingerprint density at radius 3 is 2.75 bits per heavy atom. The minimum atomic E-state index is -0.338. The van der Waals surface area contributed by atoms with E-state index in [1.807, 2.05) is 68.3 Å². The number of hydrogen-bond acceptors (Lipinski definition) is 8. The minimum absolute atomic E-state index is 0.106. The van der Waals surface area contributed by atoms with E-state index in [0.717, 1.165) is 41.4 Å². The molecule has 1 saturated heterocycles. The maximum atomic E-state index is 13.5. The first-order valence-electron chi connectivity index (χ1n) is 12.5. The second-order valence-electron chi connectivity index (χ2n) is 8.39. The highest BCUT2D eigenvalue weighted by Crippen LogP contribution is 2.29. The predicted octanol–water partition coefficient (Wildman–Crippen LogP) is 2.37. The highest BCUT2D eigenvalue weighted by atomic mass is 32.1. The monoisotopic (exact) mass is 506 g/mol. The van der Waals surface area contributed by atoms with Crippen molar-refractivity contribution < 1.29 is 5.11 Å². The van der Waals surface area contributed by atoms with Crippen molar-refractivity contribution in [1.29, 1.82) is 0 Å². The van der Waals surface area contributed by atoms with E-state index >= 15 is 0 Å². The van der Waals surface area contributed by atoms with Crippen molar-refractivity contribution in [3.05, 3.63) is 68.3 Å². The van der Waals surface area contributed by atoms with Crippen LogP contribution in [0.15, 0.2) is 47.3 Å². The van der Waals surface area contributed by atoms with Crippen molar-refractivity contribution in [2.24, 2.45) is 0 Å². The van der Waals surface area contributed by atoms with Gasteiger partial charge >= 0.3 is 0 Å². The summed E-state index contributed by atoms with van der Waals surface area (Å²) in [6.07, 6.45) is 10.0. The van der Waals surface area contributed by atoms with Crippen LogP contribution in [0.1, 0.15) is 38.3 Å². The van der Waals surface area contributed by atoms with Crippen LogP contribution < -0.4 is 30.6 Å². The summed E-state index contributed by atoms with van der Waals surface area (Å²) in [5, 5.41) is 15.1. The van der Waals surface area contributed by atoms with Gasteiger partial charge in [0.05, 0.1) is 29.2 Å². The van der Waals surface area contributed by atoms with Gasteiger partial charge < -0.3 is 14.9 Å². The Morgan fingerprint density at radius 2 is 2.03 bits per heavy atom. The Balaban J connectivity index is 0.00000148. The smallest absolute Gasteiger partial charge is 0.264 e. The average Bonchev–Trinajstić information content (AvgIpc) is 3.20. The second-order valence-corrected chi connectivity index (χ2v) is 9.42. The molecule has 9 heteroatoms. The molecule has 2 aromatic heterocycles. The summed E-state index contributed by atoms with van der Waals surface area (Å²) < 4.78 is 1.04. The molecule has 3 heterocycles. The summed E-state index contributed by atoms with van der Waals surface area (Å²) in [7, 11) is 1.84. The van der Waals surface area contributed by atoms with E-state index in [4.69, 9.17) is 9.97 Å². The van der Waals surface area contributed by atoms with Gasteiger partial charge in [0, 0.05) is 13.6 Å². The summed E-state index contributed by atoms with van der Waals surface area (Å²) in [6, 6.07) is 9.40. The van der Waals surface area contributed by atoms with E-state index < -0.39 is 0 Å². The molecule has 1 fully saturated rings. The topological polar surface area (TPSA) is 97.4 Å². The van der Waals surface area contributed by atoms with Gasteiger partial charge in [-0.05, 0) is 31.0 Å². The van der Waals surface area contributed by atoms with E-state index in [1.165, 1.54) is 11.3 Å². The van der Waals surface area contributed by atoms with E-state index in [0.29, 0.717) is 29.0 Å². The van der Waals surface area contributed by atoms with E-state index in [2.05, 4.69) is 27.4 Å². The third-order valence-electron chi connectivity index (χ3n) is 6.16.